The van der Waals surface area contributed by atoms with Crippen LogP contribution < -0.4 is 5.32 Å². The van der Waals surface area contributed by atoms with Crippen LogP contribution in [0.4, 0.5) is 0 Å². The third kappa shape index (κ3) is 3.91. The van der Waals surface area contributed by atoms with Crippen LogP contribution in [0.1, 0.15) is 41.4 Å². The Morgan fingerprint density at radius 2 is 1.96 bits per heavy atom. The zero-order valence-electron chi connectivity index (χ0n) is 15.0. The van der Waals surface area contributed by atoms with Gasteiger partial charge in [-0.05, 0) is 26.0 Å². The van der Waals surface area contributed by atoms with Crippen molar-refractivity contribution < 1.29 is 4.79 Å². The predicted octanol–water partition coefficient (Wildman–Crippen LogP) is 2.80. The van der Waals surface area contributed by atoms with Crippen LogP contribution in [-0.4, -0.2) is 66.6 Å². The molecule has 0 unspecified atom stereocenters. The second-order valence-electron chi connectivity index (χ2n) is 7.47. The zero-order chi connectivity index (χ0) is 17.2. The van der Waals surface area contributed by atoms with Crippen molar-refractivity contribution in [1.82, 2.24) is 19.7 Å². The van der Waals surface area contributed by atoms with Crippen LogP contribution in [0.25, 0.3) is 10.1 Å². The number of likely N-dealkylation sites (N-methyl/N-ethyl adjacent to an activating group) is 1. The summed E-state index contributed by atoms with van der Waals surface area (Å²) in [4.78, 5) is 18.0. The summed E-state index contributed by atoms with van der Waals surface area (Å²) in [5.74, 6) is 0.0720. The van der Waals surface area contributed by atoms with Crippen LogP contribution in [0.15, 0.2) is 18.5 Å². The van der Waals surface area contributed by atoms with E-state index in [1.807, 2.05) is 0 Å². The maximum atomic E-state index is 12.4. The van der Waals surface area contributed by atoms with E-state index >= 15 is 0 Å². The first-order chi connectivity index (χ1) is 12.2. The Kier molecular flexibility index (Phi) is 5.10. The molecule has 1 saturated carbocycles. The van der Waals surface area contributed by atoms with Crippen molar-refractivity contribution >= 4 is 27.3 Å². The van der Waals surface area contributed by atoms with E-state index in [9.17, 15) is 4.79 Å². The number of nitrogens with one attached hydrogen (secondary N) is 1. The lowest BCUT2D eigenvalue weighted by atomic mass is 10.2. The van der Waals surface area contributed by atoms with Crippen LogP contribution in [0, 0.1) is 0 Å². The largest absolute Gasteiger partial charge is 0.350 e. The molecule has 3 heterocycles. The number of carbonyl (C=O) groups excluding carboxylic acids is 1. The summed E-state index contributed by atoms with van der Waals surface area (Å²) in [6.45, 7) is 6.11. The number of amides is 1. The Morgan fingerprint density at radius 3 is 2.68 bits per heavy atom. The van der Waals surface area contributed by atoms with Gasteiger partial charge in [0.15, 0.2) is 0 Å². The number of rotatable bonds is 5. The quantitative estimate of drug-likeness (QED) is 0.891. The highest BCUT2D eigenvalue weighted by molar-refractivity contribution is 7.20. The summed E-state index contributed by atoms with van der Waals surface area (Å²) in [7, 11) is 2.16. The van der Waals surface area contributed by atoms with E-state index in [1.54, 1.807) is 11.3 Å². The molecule has 0 atom stereocenters. The first kappa shape index (κ1) is 17.1. The van der Waals surface area contributed by atoms with Crippen molar-refractivity contribution in [2.75, 3.05) is 46.3 Å². The summed E-state index contributed by atoms with van der Waals surface area (Å²) >= 11 is 1.62. The highest BCUT2D eigenvalue weighted by Crippen LogP contribution is 2.34. The van der Waals surface area contributed by atoms with Gasteiger partial charge in [-0.1, -0.05) is 12.8 Å². The topological polar surface area (TPSA) is 40.5 Å². The minimum Gasteiger partial charge on any atom is -0.350 e. The SMILES string of the molecule is CN1CCN(CCNC(=O)c2cc3cn(C4CCCC4)cc3s2)CC1. The van der Waals surface area contributed by atoms with Crippen LogP contribution >= 0.6 is 11.3 Å². The molecule has 5 nitrogen and oxygen atoms in total. The number of aromatic nitrogens is 1. The molecule has 0 radical (unpaired) electrons. The molecule has 4 rings (SSSR count). The van der Waals surface area contributed by atoms with Crippen LogP contribution in [0.3, 0.4) is 0 Å². The third-order valence-corrected chi connectivity index (χ3v) is 6.71. The molecule has 1 aliphatic carbocycles. The predicted molar refractivity (Wildman–Crippen MR) is 104 cm³/mol. The lowest BCUT2D eigenvalue weighted by Gasteiger charge is -2.32. The van der Waals surface area contributed by atoms with Crippen molar-refractivity contribution in [2.24, 2.45) is 0 Å². The molecule has 2 fully saturated rings. The smallest absolute Gasteiger partial charge is 0.261 e. The fourth-order valence-corrected chi connectivity index (χ4v) is 4.96. The molecule has 1 saturated heterocycles. The highest BCUT2D eigenvalue weighted by Gasteiger charge is 2.19. The lowest BCUT2D eigenvalue weighted by Crippen LogP contribution is -2.46. The van der Waals surface area contributed by atoms with E-state index in [2.05, 4.69) is 45.2 Å². The molecular weight excluding hydrogens is 332 g/mol. The Hall–Kier alpha value is -1.37. The molecule has 6 heteroatoms. The van der Waals surface area contributed by atoms with Crippen molar-refractivity contribution in [1.29, 1.82) is 0 Å². The standard InChI is InChI=1S/C19H28N4OS/c1-21-8-10-22(11-9-21)7-6-20-19(24)17-12-15-13-23(14-18(15)25-17)16-4-2-3-5-16/h12-14,16H,2-11H2,1H3,(H,20,24). The Morgan fingerprint density at radius 1 is 1.20 bits per heavy atom. The van der Waals surface area contributed by atoms with Crippen molar-refractivity contribution in [2.45, 2.75) is 31.7 Å². The molecule has 25 heavy (non-hydrogen) atoms. The summed E-state index contributed by atoms with van der Waals surface area (Å²) in [6.07, 6.45) is 9.73. The number of thiophene rings is 1. The van der Waals surface area contributed by atoms with Crippen LogP contribution in [-0.2, 0) is 0 Å². The molecule has 1 amide bonds. The van der Waals surface area contributed by atoms with Gasteiger partial charge in [0.1, 0.15) is 0 Å². The number of fused-ring (bicyclic) bond motifs is 1. The highest BCUT2D eigenvalue weighted by atomic mass is 32.1. The molecule has 0 aromatic carbocycles. The van der Waals surface area contributed by atoms with E-state index in [4.69, 9.17) is 0 Å². The first-order valence-electron chi connectivity index (χ1n) is 9.49. The number of hydrogen-bond acceptors (Lipinski definition) is 4. The van der Waals surface area contributed by atoms with E-state index in [0.717, 1.165) is 44.1 Å². The fraction of sp³-hybridized carbons (Fsp3) is 0.632. The minimum absolute atomic E-state index is 0.0720. The van der Waals surface area contributed by atoms with Crippen LogP contribution in [0.2, 0.25) is 0 Å². The molecule has 0 bridgehead atoms. The fourth-order valence-electron chi connectivity index (χ4n) is 3.97. The number of nitrogens with zero attached hydrogens (tertiary/aromatic N) is 3. The normalized spacial score (nSPS) is 20.5. The molecule has 136 valence electrons. The van der Waals surface area contributed by atoms with Gasteiger partial charge in [0, 0.05) is 63.1 Å². The maximum absolute atomic E-state index is 12.4. The number of piperazine rings is 1. The average molecular weight is 361 g/mol. The van der Waals surface area contributed by atoms with Crippen molar-refractivity contribution in [3.63, 3.8) is 0 Å². The molecule has 1 N–H and O–H groups in total. The molecule has 1 aliphatic heterocycles. The van der Waals surface area contributed by atoms with Crippen molar-refractivity contribution in [3.05, 3.63) is 23.3 Å². The van der Waals surface area contributed by atoms with Gasteiger partial charge in [0.2, 0.25) is 0 Å². The number of hydrogen-bond donors (Lipinski definition) is 1. The molecule has 0 spiro atoms. The summed E-state index contributed by atoms with van der Waals surface area (Å²) in [6, 6.07) is 2.72. The van der Waals surface area contributed by atoms with Gasteiger partial charge in [-0.25, -0.2) is 0 Å². The minimum atomic E-state index is 0.0720. The molecule has 2 aromatic rings. The summed E-state index contributed by atoms with van der Waals surface area (Å²) in [5.41, 5.74) is 0. The van der Waals surface area contributed by atoms with Gasteiger partial charge in [-0.15, -0.1) is 11.3 Å². The molecule has 2 aliphatic rings. The van der Waals surface area contributed by atoms with E-state index in [-0.39, 0.29) is 5.91 Å². The third-order valence-electron chi connectivity index (χ3n) is 5.63. The Balaban J connectivity index is 1.30. The monoisotopic (exact) mass is 360 g/mol. The second-order valence-corrected chi connectivity index (χ2v) is 8.56. The molecular formula is C19H28N4OS. The van der Waals surface area contributed by atoms with Gasteiger partial charge in [0.25, 0.3) is 5.91 Å². The van der Waals surface area contributed by atoms with E-state index in [1.165, 1.54) is 35.8 Å². The van der Waals surface area contributed by atoms with Gasteiger partial charge in [0.05, 0.1) is 9.58 Å². The van der Waals surface area contributed by atoms with Gasteiger partial charge >= 0.3 is 0 Å². The maximum Gasteiger partial charge on any atom is 0.261 e. The molecule has 2 aromatic heterocycles. The number of carbonyl (C=O) groups is 1. The lowest BCUT2D eigenvalue weighted by molar-refractivity contribution is 0.0945. The zero-order valence-corrected chi connectivity index (χ0v) is 15.9. The summed E-state index contributed by atoms with van der Waals surface area (Å²) < 4.78 is 3.60. The van der Waals surface area contributed by atoms with Gasteiger partial charge in [-0.2, -0.15) is 0 Å². The average Bonchev–Trinajstić information content (AvgIpc) is 3.31. The van der Waals surface area contributed by atoms with E-state index in [0.29, 0.717) is 6.04 Å². The van der Waals surface area contributed by atoms with Gasteiger partial charge < -0.3 is 14.8 Å². The Bertz CT molecular complexity index is 691. The second kappa shape index (κ2) is 7.48. The van der Waals surface area contributed by atoms with Crippen molar-refractivity contribution in [3.8, 4) is 0 Å². The van der Waals surface area contributed by atoms with E-state index < -0.39 is 0 Å². The van der Waals surface area contributed by atoms with Gasteiger partial charge in [-0.3, -0.25) is 9.69 Å². The summed E-state index contributed by atoms with van der Waals surface area (Å²) in [5, 5.41) is 4.30. The Labute approximate surface area is 153 Å². The first-order valence-corrected chi connectivity index (χ1v) is 10.3. The van der Waals surface area contributed by atoms with Crippen LogP contribution in [0.5, 0.6) is 0 Å².